The molecule has 0 aliphatic heterocycles. The normalized spacial score (nSPS) is 12.4. The van der Waals surface area contributed by atoms with Crippen molar-refractivity contribution in [1.29, 1.82) is 0 Å². The van der Waals surface area contributed by atoms with E-state index < -0.39 is 11.8 Å². The second-order valence-electron chi connectivity index (χ2n) is 32.0. The Hall–Kier alpha value is -11.0. The average Bonchev–Trinajstić information content (AvgIpc) is 0.692. The third-order valence-electron chi connectivity index (χ3n) is 23.2. The summed E-state index contributed by atoms with van der Waals surface area (Å²) in [6.45, 7) is 11.1. The predicted molar refractivity (Wildman–Crippen MR) is 529 cm³/mol. The molecule has 0 amide bonds. The number of nitrogens with zero attached hydrogens (tertiary/aromatic N) is 8. The Kier molecular flexibility index (Phi) is 31.2. The molecule has 624 valence electrons. The average molecular weight is 1790 g/mol. The van der Waals surface area contributed by atoms with Crippen LogP contribution in [-0.4, -0.2) is 37.4 Å². The first kappa shape index (κ1) is 87.9. The summed E-state index contributed by atoms with van der Waals surface area (Å²) in [5, 5.41) is 0. The molecule has 0 fully saturated rings. The van der Waals surface area contributed by atoms with Crippen LogP contribution in [0.5, 0.6) is 0 Å². The summed E-state index contributed by atoms with van der Waals surface area (Å²) >= 11 is 10.5. The quantitative estimate of drug-likeness (QED) is 0.0351. The zero-order chi connectivity index (χ0) is 84.6. The number of halogens is 2. The van der Waals surface area contributed by atoms with Crippen molar-refractivity contribution < 1.29 is 0 Å². The van der Waals surface area contributed by atoms with E-state index in [0.29, 0.717) is 105 Å². The van der Waals surface area contributed by atoms with E-state index in [1.807, 2.05) is 0 Å². The Labute approximate surface area is 753 Å². The number of benzene rings is 16. The number of hydrogen-bond acceptors (Lipinski definition) is 8. The Balaban J connectivity index is 0.000000192. The van der Waals surface area contributed by atoms with E-state index in [0.717, 1.165) is 0 Å². The molecular weight excluding hydrogens is 1680 g/mol. The first-order chi connectivity index (χ1) is 61.1. The number of rotatable bonds is 40. The molecule has 0 aliphatic carbocycles. The zero-order valence-corrected chi connectivity index (χ0v) is 75.7. The molecule has 16 rings (SSSR count). The second kappa shape index (κ2) is 44.1. The molecule has 0 N–H and O–H groups in total. The minimum atomic E-state index is -4.20. The van der Waals surface area contributed by atoms with E-state index >= 15 is 0 Å². The van der Waals surface area contributed by atoms with Gasteiger partial charge in [0.05, 0.1) is 0 Å². The molecular formula is C112H112Br2N8P2. The van der Waals surface area contributed by atoms with Crippen molar-refractivity contribution in [3.63, 3.8) is 0 Å². The van der Waals surface area contributed by atoms with Gasteiger partial charge in [-0.2, -0.15) is 0 Å². The molecule has 0 saturated heterocycles. The van der Waals surface area contributed by atoms with Crippen LogP contribution in [0.1, 0.15) is 89.0 Å². The molecule has 0 aliphatic rings. The minimum absolute atomic E-state index is 0.693. The van der Waals surface area contributed by atoms with E-state index in [9.17, 15) is 0 Å². The van der Waals surface area contributed by atoms with Crippen LogP contribution in [0.15, 0.2) is 485 Å². The van der Waals surface area contributed by atoms with Gasteiger partial charge < -0.3 is 0 Å². The first-order valence-electron chi connectivity index (χ1n) is 43.2. The molecule has 0 spiro atoms. The van der Waals surface area contributed by atoms with Crippen molar-refractivity contribution in [2.24, 2.45) is 0 Å². The summed E-state index contributed by atoms with van der Waals surface area (Å²) in [4.78, 5) is 0. The molecule has 12 heteroatoms. The van der Waals surface area contributed by atoms with Crippen molar-refractivity contribution in [2.45, 2.75) is 105 Å². The van der Waals surface area contributed by atoms with Gasteiger partial charge in [0.1, 0.15) is 0 Å². The third-order valence-corrected chi connectivity index (χ3v) is 44.0. The molecule has 0 aromatic heterocycles. The van der Waals surface area contributed by atoms with Gasteiger partial charge in [0.2, 0.25) is 0 Å². The van der Waals surface area contributed by atoms with E-state index in [1.54, 1.807) is 0 Å². The number of hydrogen-bond donors (Lipinski definition) is 0. The molecule has 16 aromatic carbocycles. The fraction of sp³-hybridized carbons (Fsp3) is 0.143. The SMILES string of the molecule is BrP(N(Cc1ccccc1)Cc1ccccc1)(N(Cc1ccccc1)Cc1ccccc1)(N(Cc1ccccc1)Cc1ccccc1)N(Cc1ccccc1)Cc1ccccc1.BrP(N(Cc1ccccc1)Cc1ccccc1)(N(Cc1ccccc1)Cc1ccccc1)(N(Cc1ccccc1)Cc1ccccc1)N(Cc1ccccc1)Cc1ccccc1. The van der Waals surface area contributed by atoms with Gasteiger partial charge >= 0.3 is 759 Å². The molecule has 0 atom stereocenters. The summed E-state index contributed by atoms with van der Waals surface area (Å²) in [6.07, 6.45) is 0. The van der Waals surface area contributed by atoms with Crippen LogP contribution in [0.25, 0.3) is 0 Å². The van der Waals surface area contributed by atoms with Gasteiger partial charge in [0.25, 0.3) is 0 Å². The van der Waals surface area contributed by atoms with Gasteiger partial charge in [-0.25, -0.2) is 0 Å². The van der Waals surface area contributed by atoms with Gasteiger partial charge in [0.15, 0.2) is 0 Å². The van der Waals surface area contributed by atoms with Gasteiger partial charge in [-0.1, -0.05) is 0 Å². The van der Waals surface area contributed by atoms with Crippen molar-refractivity contribution in [1.82, 2.24) is 37.4 Å². The van der Waals surface area contributed by atoms with E-state index in [4.69, 9.17) is 31.0 Å². The summed E-state index contributed by atoms with van der Waals surface area (Å²) in [6, 6.07) is 177. The predicted octanol–water partition coefficient (Wildman–Crippen LogP) is 28.6. The summed E-state index contributed by atoms with van der Waals surface area (Å²) < 4.78 is 22.8. The fourth-order valence-corrected chi connectivity index (χ4v) is 33.4. The monoisotopic (exact) mass is 1790 g/mol. The van der Waals surface area contributed by atoms with Crippen LogP contribution in [0.4, 0.5) is 0 Å². The molecule has 0 unspecified atom stereocenters. The van der Waals surface area contributed by atoms with Crippen molar-refractivity contribution in [3.05, 3.63) is 574 Å². The van der Waals surface area contributed by atoms with Crippen molar-refractivity contribution in [2.75, 3.05) is 0 Å². The third kappa shape index (κ3) is 22.4. The second-order valence-corrected chi connectivity index (χ2v) is 47.5. The molecule has 8 nitrogen and oxygen atoms in total. The fourth-order valence-electron chi connectivity index (χ4n) is 17.2. The van der Waals surface area contributed by atoms with Crippen molar-refractivity contribution >= 4 is 42.8 Å². The Morgan fingerprint density at radius 2 is 0.161 bits per heavy atom. The van der Waals surface area contributed by atoms with E-state index in [2.05, 4.69) is 523 Å². The van der Waals surface area contributed by atoms with Gasteiger partial charge in [-0.05, 0) is 0 Å². The molecule has 0 heterocycles. The molecule has 124 heavy (non-hydrogen) atoms. The van der Waals surface area contributed by atoms with E-state index in [1.165, 1.54) is 89.0 Å². The van der Waals surface area contributed by atoms with Crippen molar-refractivity contribution in [3.8, 4) is 0 Å². The Bertz CT molecular complexity index is 4310. The Morgan fingerprint density at radius 1 is 0.105 bits per heavy atom. The van der Waals surface area contributed by atoms with Gasteiger partial charge in [0, 0.05) is 0 Å². The van der Waals surface area contributed by atoms with Gasteiger partial charge in [-0.15, -0.1) is 0 Å². The molecule has 0 radical (unpaired) electrons. The topological polar surface area (TPSA) is 25.9 Å². The van der Waals surface area contributed by atoms with Crippen LogP contribution in [-0.2, 0) is 105 Å². The van der Waals surface area contributed by atoms with Gasteiger partial charge in [-0.3, -0.25) is 0 Å². The maximum atomic E-state index is 5.25. The zero-order valence-electron chi connectivity index (χ0n) is 70.7. The molecule has 16 aromatic rings. The van der Waals surface area contributed by atoms with Crippen LogP contribution in [0.3, 0.4) is 0 Å². The Morgan fingerprint density at radius 3 is 0.218 bits per heavy atom. The van der Waals surface area contributed by atoms with Crippen LogP contribution in [0, 0.1) is 0 Å². The summed E-state index contributed by atoms with van der Waals surface area (Å²) in [7, 11) is 0. The summed E-state index contributed by atoms with van der Waals surface area (Å²) in [5.41, 5.74) is 20.1. The maximum absolute atomic E-state index is 5.25. The van der Waals surface area contributed by atoms with Crippen LogP contribution in [0.2, 0.25) is 0 Å². The molecule has 0 saturated carbocycles. The molecule has 0 bridgehead atoms. The summed E-state index contributed by atoms with van der Waals surface area (Å²) in [5.74, 6) is -8.40. The van der Waals surface area contributed by atoms with Crippen LogP contribution >= 0.6 is 42.8 Å². The van der Waals surface area contributed by atoms with E-state index in [-0.39, 0.29) is 0 Å². The first-order valence-corrected chi connectivity index (χ1v) is 51.4. The van der Waals surface area contributed by atoms with Crippen LogP contribution < -0.4 is 0 Å². The standard InChI is InChI=1S/2C56H56BrN4P/c2*57-62(58(41-49-25-9-1-10-26-49)42-50-27-11-2-12-28-50,59(43-51-29-13-3-14-30-51)44-52-31-15-4-16-32-52,60(45-53-33-17-5-18-34-53)46-54-35-19-6-20-36-54)61(47-55-37-21-7-22-38-55)48-56-39-23-8-24-40-56/h2*1-40H,41-48H2.